The molecule has 0 N–H and O–H groups in total. The van der Waals surface area contributed by atoms with E-state index in [0.717, 1.165) is 5.56 Å². The second-order valence-corrected chi connectivity index (χ2v) is 3.53. The molecule has 0 radical (unpaired) electrons. The summed E-state index contributed by atoms with van der Waals surface area (Å²) in [6, 6.07) is 1.98. The Morgan fingerprint density at radius 3 is 3.10 bits per heavy atom. The molecule has 0 aliphatic carbocycles. The minimum absolute atomic E-state index is 0.235. The third kappa shape index (κ3) is 2.15. The number of thiophene rings is 1. The van der Waals surface area contributed by atoms with Crippen molar-refractivity contribution >= 4 is 28.2 Å². The fourth-order valence-corrected chi connectivity index (χ4v) is 1.61. The molecule has 0 bridgehead atoms. The van der Waals surface area contributed by atoms with Gasteiger partial charge in [-0.25, -0.2) is 0 Å². The van der Waals surface area contributed by atoms with E-state index in [-0.39, 0.29) is 5.12 Å². The lowest BCUT2D eigenvalue weighted by Crippen LogP contribution is -1.93. The van der Waals surface area contributed by atoms with Crippen molar-refractivity contribution in [3.05, 3.63) is 22.4 Å². The summed E-state index contributed by atoms with van der Waals surface area (Å²) in [5.41, 5.74) is 1.13. The Balaban J connectivity index is 2.48. The standard InChI is InChI=1S/C7H8OS2/c1-9-7(8)4-6-2-3-10-5-6/h2-3,5H,4H2,1H3. The lowest BCUT2D eigenvalue weighted by molar-refractivity contribution is -0.110. The van der Waals surface area contributed by atoms with Gasteiger partial charge < -0.3 is 0 Å². The monoisotopic (exact) mass is 172 g/mol. The van der Waals surface area contributed by atoms with E-state index in [4.69, 9.17) is 0 Å². The number of hydrogen-bond acceptors (Lipinski definition) is 3. The average molecular weight is 172 g/mol. The fourth-order valence-electron chi connectivity index (χ4n) is 0.632. The molecule has 1 heterocycles. The van der Waals surface area contributed by atoms with Gasteiger partial charge in [-0.1, -0.05) is 11.8 Å². The van der Waals surface area contributed by atoms with Crippen LogP contribution in [0.4, 0.5) is 0 Å². The highest BCUT2D eigenvalue weighted by atomic mass is 32.2. The molecule has 0 spiro atoms. The third-order valence-corrected chi connectivity index (χ3v) is 2.49. The van der Waals surface area contributed by atoms with Gasteiger partial charge in [0.15, 0.2) is 5.12 Å². The lowest BCUT2D eigenvalue weighted by Gasteiger charge is -1.90. The van der Waals surface area contributed by atoms with Crippen molar-refractivity contribution in [2.75, 3.05) is 6.26 Å². The molecule has 10 heavy (non-hydrogen) atoms. The molecular weight excluding hydrogens is 164 g/mol. The molecule has 0 aliphatic heterocycles. The van der Waals surface area contributed by atoms with E-state index in [2.05, 4.69) is 0 Å². The van der Waals surface area contributed by atoms with Gasteiger partial charge in [-0.05, 0) is 28.6 Å². The first-order valence-electron chi connectivity index (χ1n) is 2.91. The summed E-state index contributed by atoms with van der Waals surface area (Å²) < 4.78 is 0. The summed E-state index contributed by atoms with van der Waals surface area (Å²) >= 11 is 2.92. The van der Waals surface area contributed by atoms with Crippen LogP contribution in [0.15, 0.2) is 16.8 Å². The zero-order chi connectivity index (χ0) is 7.40. The third-order valence-electron chi connectivity index (χ3n) is 1.16. The van der Waals surface area contributed by atoms with Crippen LogP contribution < -0.4 is 0 Å². The minimum atomic E-state index is 0.235. The zero-order valence-electron chi connectivity index (χ0n) is 5.66. The van der Waals surface area contributed by atoms with Gasteiger partial charge in [0, 0.05) is 6.42 Å². The van der Waals surface area contributed by atoms with Crippen LogP contribution in [0.1, 0.15) is 5.56 Å². The number of carbonyl (C=O) groups excluding carboxylic acids is 1. The Morgan fingerprint density at radius 2 is 2.60 bits per heavy atom. The Bertz CT molecular complexity index is 203. The van der Waals surface area contributed by atoms with E-state index < -0.39 is 0 Å². The molecule has 0 aromatic carbocycles. The largest absolute Gasteiger partial charge is 0.287 e. The van der Waals surface area contributed by atoms with Gasteiger partial charge in [0.05, 0.1) is 0 Å². The SMILES string of the molecule is CSC(=O)Cc1ccsc1. The second-order valence-electron chi connectivity index (χ2n) is 1.88. The summed E-state index contributed by atoms with van der Waals surface area (Å²) in [4.78, 5) is 10.8. The summed E-state index contributed by atoms with van der Waals surface area (Å²) in [5, 5.41) is 4.23. The van der Waals surface area contributed by atoms with Crippen LogP contribution >= 0.6 is 23.1 Å². The number of thioether (sulfide) groups is 1. The maximum atomic E-state index is 10.8. The smallest absolute Gasteiger partial charge is 0.193 e. The topological polar surface area (TPSA) is 17.1 Å². The molecule has 1 aromatic heterocycles. The molecule has 1 nitrogen and oxygen atoms in total. The molecule has 0 saturated carbocycles. The average Bonchev–Trinajstić information content (AvgIpc) is 2.40. The maximum absolute atomic E-state index is 10.8. The van der Waals surface area contributed by atoms with E-state index in [1.165, 1.54) is 11.8 Å². The van der Waals surface area contributed by atoms with E-state index >= 15 is 0 Å². The van der Waals surface area contributed by atoms with Gasteiger partial charge in [-0.2, -0.15) is 11.3 Å². The van der Waals surface area contributed by atoms with Crippen LogP contribution in [0.25, 0.3) is 0 Å². The number of rotatable bonds is 2. The molecule has 3 heteroatoms. The molecule has 0 unspecified atom stereocenters. The first kappa shape index (κ1) is 7.82. The van der Waals surface area contributed by atoms with Gasteiger partial charge in [-0.3, -0.25) is 4.79 Å². The summed E-state index contributed by atoms with van der Waals surface area (Å²) in [7, 11) is 0. The molecular formula is C7H8OS2. The van der Waals surface area contributed by atoms with Crippen LogP contribution in [-0.4, -0.2) is 11.4 Å². The van der Waals surface area contributed by atoms with Crippen LogP contribution in [0.3, 0.4) is 0 Å². The van der Waals surface area contributed by atoms with Crippen LogP contribution in [0, 0.1) is 0 Å². The molecule has 54 valence electrons. The first-order valence-corrected chi connectivity index (χ1v) is 5.07. The highest BCUT2D eigenvalue weighted by Crippen LogP contribution is 2.09. The molecule has 0 saturated heterocycles. The Labute approximate surface area is 68.5 Å². The zero-order valence-corrected chi connectivity index (χ0v) is 7.30. The van der Waals surface area contributed by atoms with Crippen LogP contribution in [0.2, 0.25) is 0 Å². The van der Waals surface area contributed by atoms with Crippen molar-refractivity contribution in [1.29, 1.82) is 0 Å². The predicted molar refractivity (Wildman–Crippen MR) is 46.5 cm³/mol. The van der Waals surface area contributed by atoms with Gasteiger partial charge in [-0.15, -0.1) is 0 Å². The van der Waals surface area contributed by atoms with Crippen molar-refractivity contribution in [3.8, 4) is 0 Å². The van der Waals surface area contributed by atoms with Crippen molar-refractivity contribution in [1.82, 2.24) is 0 Å². The maximum Gasteiger partial charge on any atom is 0.193 e. The summed E-state index contributed by atoms with van der Waals surface area (Å²) in [6.45, 7) is 0. The van der Waals surface area contributed by atoms with E-state index in [9.17, 15) is 4.79 Å². The minimum Gasteiger partial charge on any atom is -0.287 e. The van der Waals surface area contributed by atoms with E-state index in [1.807, 2.05) is 23.1 Å². The Morgan fingerprint density at radius 1 is 1.80 bits per heavy atom. The van der Waals surface area contributed by atoms with E-state index in [0.29, 0.717) is 6.42 Å². The highest BCUT2D eigenvalue weighted by molar-refractivity contribution is 8.13. The number of carbonyl (C=O) groups is 1. The molecule has 1 aromatic rings. The lowest BCUT2D eigenvalue weighted by atomic mass is 10.3. The summed E-state index contributed by atoms with van der Waals surface area (Å²) in [6.07, 6.45) is 2.39. The van der Waals surface area contributed by atoms with Crippen molar-refractivity contribution < 1.29 is 4.79 Å². The fraction of sp³-hybridized carbons (Fsp3) is 0.286. The van der Waals surface area contributed by atoms with Gasteiger partial charge >= 0.3 is 0 Å². The van der Waals surface area contributed by atoms with Gasteiger partial charge in [0.25, 0.3) is 0 Å². The van der Waals surface area contributed by atoms with Gasteiger partial charge in [0.1, 0.15) is 0 Å². The van der Waals surface area contributed by atoms with Crippen LogP contribution in [-0.2, 0) is 11.2 Å². The predicted octanol–water partition coefficient (Wildman–Crippen LogP) is 2.18. The normalized spacial score (nSPS) is 9.70. The van der Waals surface area contributed by atoms with Crippen molar-refractivity contribution in [2.24, 2.45) is 0 Å². The Hall–Kier alpha value is -0.280. The molecule has 1 rings (SSSR count). The molecule has 0 fully saturated rings. The van der Waals surface area contributed by atoms with Crippen LogP contribution in [0.5, 0.6) is 0 Å². The van der Waals surface area contributed by atoms with Crippen molar-refractivity contribution in [2.45, 2.75) is 6.42 Å². The summed E-state index contributed by atoms with van der Waals surface area (Å²) in [5.74, 6) is 0. The Kier molecular flexibility index (Phi) is 2.96. The van der Waals surface area contributed by atoms with Crippen molar-refractivity contribution in [3.63, 3.8) is 0 Å². The van der Waals surface area contributed by atoms with Gasteiger partial charge in [0.2, 0.25) is 0 Å². The molecule has 0 aliphatic rings. The first-order chi connectivity index (χ1) is 4.83. The molecule has 0 amide bonds. The van der Waals surface area contributed by atoms with E-state index in [1.54, 1.807) is 11.3 Å². The number of hydrogen-bond donors (Lipinski definition) is 0. The second kappa shape index (κ2) is 3.78. The highest BCUT2D eigenvalue weighted by Gasteiger charge is 2.00. The molecule has 0 atom stereocenters. The quantitative estimate of drug-likeness (QED) is 0.680.